The van der Waals surface area contributed by atoms with E-state index in [2.05, 4.69) is 26.0 Å². The van der Waals surface area contributed by atoms with Crippen molar-refractivity contribution in [2.24, 2.45) is 22.7 Å². The van der Waals surface area contributed by atoms with Crippen molar-refractivity contribution in [2.45, 2.75) is 45.3 Å². The maximum atomic E-state index is 11.0. The number of hydrogen-bond acceptors (Lipinski definition) is 3. The molecule has 120 valence electrons. The average Bonchev–Trinajstić information content (AvgIpc) is 3.01. The minimum Gasteiger partial charge on any atom is -0.497 e. The van der Waals surface area contributed by atoms with Gasteiger partial charge in [-0.05, 0) is 54.2 Å². The van der Waals surface area contributed by atoms with E-state index < -0.39 is 0 Å². The van der Waals surface area contributed by atoms with Crippen molar-refractivity contribution in [3.8, 4) is 5.75 Å². The molecule has 4 rings (SSSR count). The quantitative estimate of drug-likeness (QED) is 0.907. The Morgan fingerprint density at radius 2 is 2.14 bits per heavy atom. The van der Waals surface area contributed by atoms with Crippen LogP contribution in [0.1, 0.15) is 44.8 Å². The smallest absolute Gasteiger partial charge is 0.119 e. The largest absolute Gasteiger partial charge is 0.497 e. The molecule has 1 aromatic rings. The third-order valence-corrected chi connectivity index (χ3v) is 6.86. The summed E-state index contributed by atoms with van der Waals surface area (Å²) in [6.07, 6.45) is 3.22. The van der Waals surface area contributed by atoms with Crippen LogP contribution in [-0.2, 0) is 4.74 Å². The molecule has 3 aliphatic rings. The number of fused-ring (bicyclic) bond motifs is 1. The first-order valence-electron chi connectivity index (χ1n) is 8.42. The fourth-order valence-corrected chi connectivity index (χ4v) is 5.57. The summed E-state index contributed by atoms with van der Waals surface area (Å²) in [7, 11) is 1.70. The Kier molecular flexibility index (Phi) is 3.11. The van der Waals surface area contributed by atoms with Crippen molar-refractivity contribution >= 4 is 0 Å². The van der Waals surface area contributed by atoms with Crippen LogP contribution in [0.15, 0.2) is 24.3 Å². The fourth-order valence-electron chi connectivity index (χ4n) is 5.57. The van der Waals surface area contributed by atoms with Crippen LogP contribution in [0, 0.1) is 22.7 Å². The molecule has 0 radical (unpaired) electrons. The van der Waals surface area contributed by atoms with Crippen LogP contribution in [0.3, 0.4) is 0 Å². The average molecular weight is 302 g/mol. The SMILES string of the molecule is COc1cccc([C@H]2OCC[C@@]34C[C@@H](C[C@H]23)C(C)(C)[C@H]4O)c1. The number of rotatable bonds is 2. The Balaban J connectivity index is 1.70. The lowest BCUT2D eigenvalue weighted by atomic mass is 9.60. The van der Waals surface area contributed by atoms with E-state index in [0.717, 1.165) is 25.2 Å². The molecular weight excluding hydrogens is 276 g/mol. The van der Waals surface area contributed by atoms with Crippen molar-refractivity contribution in [2.75, 3.05) is 13.7 Å². The zero-order chi connectivity index (χ0) is 15.5. The van der Waals surface area contributed by atoms with Gasteiger partial charge in [-0.2, -0.15) is 0 Å². The monoisotopic (exact) mass is 302 g/mol. The Hall–Kier alpha value is -1.06. The van der Waals surface area contributed by atoms with Gasteiger partial charge in [-0.25, -0.2) is 0 Å². The molecule has 1 aliphatic heterocycles. The highest BCUT2D eigenvalue weighted by Crippen LogP contribution is 2.70. The number of aliphatic hydroxyl groups is 1. The van der Waals surface area contributed by atoms with Crippen molar-refractivity contribution in [1.29, 1.82) is 0 Å². The zero-order valence-electron chi connectivity index (χ0n) is 13.7. The van der Waals surface area contributed by atoms with Crippen LogP contribution in [-0.4, -0.2) is 24.9 Å². The van der Waals surface area contributed by atoms with Gasteiger partial charge >= 0.3 is 0 Å². The van der Waals surface area contributed by atoms with Gasteiger partial charge < -0.3 is 14.6 Å². The van der Waals surface area contributed by atoms with E-state index in [-0.39, 0.29) is 23.0 Å². The highest BCUT2D eigenvalue weighted by Gasteiger charge is 2.67. The molecule has 2 aliphatic carbocycles. The van der Waals surface area contributed by atoms with Gasteiger partial charge in [0.05, 0.1) is 19.3 Å². The molecule has 1 N–H and O–H groups in total. The van der Waals surface area contributed by atoms with E-state index >= 15 is 0 Å². The van der Waals surface area contributed by atoms with E-state index in [0.29, 0.717) is 11.8 Å². The summed E-state index contributed by atoms with van der Waals surface area (Å²) in [5, 5.41) is 11.0. The predicted molar refractivity (Wildman–Crippen MR) is 84.7 cm³/mol. The lowest BCUT2D eigenvalue weighted by Gasteiger charge is -2.51. The summed E-state index contributed by atoms with van der Waals surface area (Å²) in [5.41, 5.74) is 1.30. The summed E-state index contributed by atoms with van der Waals surface area (Å²) in [6, 6.07) is 8.23. The Morgan fingerprint density at radius 1 is 1.32 bits per heavy atom. The Labute approximate surface area is 132 Å². The molecule has 3 heteroatoms. The normalized spacial score (nSPS) is 42.2. The first-order valence-corrected chi connectivity index (χ1v) is 8.42. The van der Waals surface area contributed by atoms with E-state index in [9.17, 15) is 5.11 Å². The molecule has 2 bridgehead atoms. The van der Waals surface area contributed by atoms with Gasteiger partial charge in [0.1, 0.15) is 5.75 Å². The molecule has 1 saturated heterocycles. The van der Waals surface area contributed by atoms with Crippen LogP contribution in [0.2, 0.25) is 0 Å². The number of benzene rings is 1. The third-order valence-electron chi connectivity index (χ3n) is 6.86. The summed E-state index contributed by atoms with van der Waals surface area (Å²) in [6.45, 7) is 5.23. The van der Waals surface area contributed by atoms with E-state index in [4.69, 9.17) is 9.47 Å². The standard InChI is InChI=1S/C19H26O3/c1-18(2)13-10-15-16(12-5-4-6-14(9-12)21-3)22-8-7-19(15,11-13)17(18)20/h4-6,9,13,15-17,20H,7-8,10-11H2,1-3H3/t13-,15-,16-,17-,19-/m1/s1. The second-order valence-corrected chi connectivity index (χ2v) is 8.02. The minimum atomic E-state index is -0.208. The second-order valence-electron chi connectivity index (χ2n) is 8.02. The van der Waals surface area contributed by atoms with Gasteiger partial charge in [-0.15, -0.1) is 0 Å². The molecule has 1 aromatic carbocycles. The number of hydrogen-bond donors (Lipinski definition) is 1. The van der Waals surface area contributed by atoms with Gasteiger partial charge in [0.2, 0.25) is 0 Å². The van der Waals surface area contributed by atoms with Crippen LogP contribution in [0.4, 0.5) is 0 Å². The van der Waals surface area contributed by atoms with Crippen molar-refractivity contribution in [1.82, 2.24) is 0 Å². The molecule has 22 heavy (non-hydrogen) atoms. The molecule has 1 spiro atoms. The molecule has 3 nitrogen and oxygen atoms in total. The van der Waals surface area contributed by atoms with Crippen LogP contribution < -0.4 is 4.74 Å². The van der Waals surface area contributed by atoms with Gasteiger partial charge in [0.15, 0.2) is 0 Å². The number of ether oxygens (including phenoxy) is 2. The van der Waals surface area contributed by atoms with Gasteiger partial charge in [-0.3, -0.25) is 0 Å². The molecule has 0 amide bonds. The highest BCUT2D eigenvalue weighted by atomic mass is 16.5. The first kappa shape index (κ1) is 14.5. The van der Waals surface area contributed by atoms with Crippen LogP contribution >= 0.6 is 0 Å². The molecule has 3 fully saturated rings. The first-order chi connectivity index (χ1) is 10.5. The molecule has 0 unspecified atom stereocenters. The van der Waals surface area contributed by atoms with E-state index in [1.165, 1.54) is 12.0 Å². The van der Waals surface area contributed by atoms with Crippen molar-refractivity contribution in [3.63, 3.8) is 0 Å². The Morgan fingerprint density at radius 3 is 2.86 bits per heavy atom. The van der Waals surface area contributed by atoms with Gasteiger partial charge in [-0.1, -0.05) is 26.0 Å². The van der Waals surface area contributed by atoms with Gasteiger partial charge in [0, 0.05) is 12.0 Å². The van der Waals surface area contributed by atoms with Crippen LogP contribution in [0.25, 0.3) is 0 Å². The lowest BCUT2D eigenvalue weighted by molar-refractivity contribution is -0.164. The third kappa shape index (κ3) is 1.75. The van der Waals surface area contributed by atoms with E-state index in [1.807, 2.05) is 12.1 Å². The van der Waals surface area contributed by atoms with E-state index in [1.54, 1.807) is 7.11 Å². The lowest BCUT2D eigenvalue weighted by Crippen LogP contribution is -2.51. The maximum absolute atomic E-state index is 11.0. The summed E-state index contributed by atoms with van der Waals surface area (Å²) in [4.78, 5) is 0. The molecular formula is C19H26O3. The molecule has 1 heterocycles. The highest BCUT2D eigenvalue weighted by molar-refractivity contribution is 5.32. The second kappa shape index (κ2) is 4.72. The zero-order valence-corrected chi connectivity index (χ0v) is 13.7. The number of aliphatic hydroxyl groups excluding tert-OH is 1. The maximum Gasteiger partial charge on any atom is 0.119 e. The van der Waals surface area contributed by atoms with Crippen molar-refractivity contribution in [3.05, 3.63) is 29.8 Å². The summed E-state index contributed by atoms with van der Waals surface area (Å²) < 4.78 is 11.5. The predicted octanol–water partition coefficient (Wildman–Crippen LogP) is 3.57. The topological polar surface area (TPSA) is 38.7 Å². The summed E-state index contributed by atoms with van der Waals surface area (Å²) in [5.74, 6) is 1.92. The fraction of sp³-hybridized carbons (Fsp3) is 0.684. The van der Waals surface area contributed by atoms with Crippen LogP contribution in [0.5, 0.6) is 5.75 Å². The minimum absolute atomic E-state index is 0.0484. The summed E-state index contributed by atoms with van der Waals surface area (Å²) >= 11 is 0. The molecule has 0 aromatic heterocycles. The Bertz CT molecular complexity index is 582. The van der Waals surface area contributed by atoms with Crippen molar-refractivity contribution < 1.29 is 14.6 Å². The van der Waals surface area contributed by atoms with Gasteiger partial charge in [0.25, 0.3) is 0 Å². The molecule has 2 saturated carbocycles. The number of methoxy groups -OCH3 is 1. The molecule has 5 atom stereocenters.